The molecule has 0 unspecified atom stereocenters. The number of aryl methyl sites for hydroxylation is 1. The van der Waals surface area contributed by atoms with E-state index in [9.17, 15) is 9.59 Å². The lowest BCUT2D eigenvalue weighted by Crippen LogP contribution is -2.28. The molecule has 0 atom stereocenters. The van der Waals surface area contributed by atoms with Crippen molar-refractivity contribution in [2.24, 2.45) is 0 Å². The topological polar surface area (TPSA) is 110 Å². The molecule has 0 fully saturated rings. The van der Waals surface area contributed by atoms with E-state index in [1.807, 2.05) is 0 Å². The number of carboxylic acids is 1. The number of nitrogens with zero attached hydrogens (tertiary/aromatic N) is 3. The van der Waals surface area contributed by atoms with Crippen LogP contribution >= 0.6 is 0 Å². The summed E-state index contributed by atoms with van der Waals surface area (Å²) in [6.07, 6.45) is 2.55. The van der Waals surface area contributed by atoms with Gasteiger partial charge in [-0.3, -0.25) is 9.59 Å². The van der Waals surface area contributed by atoms with Crippen LogP contribution in [-0.4, -0.2) is 45.6 Å². The predicted molar refractivity (Wildman–Crippen MR) is 74.8 cm³/mol. The second-order valence-electron chi connectivity index (χ2n) is 4.80. The van der Waals surface area contributed by atoms with E-state index < -0.39 is 5.97 Å². The third-order valence-electron chi connectivity index (χ3n) is 3.07. The molecule has 1 N–H and O–H groups in total. The summed E-state index contributed by atoms with van der Waals surface area (Å²) < 4.78 is 10.2. The second-order valence-corrected chi connectivity index (χ2v) is 4.80. The van der Waals surface area contributed by atoms with Gasteiger partial charge in [0.25, 0.3) is 0 Å². The summed E-state index contributed by atoms with van der Waals surface area (Å²) in [5.74, 6) is 0.258. The molecule has 1 amide bonds. The van der Waals surface area contributed by atoms with Crippen LogP contribution in [0.2, 0.25) is 0 Å². The van der Waals surface area contributed by atoms with Crippen LogP contribution in [0.4, 0.5) is 0 Å². The highest BCUT2D eigenvalue weighted by molar-refractivity contribution is 5.76. The number of amides is 1. The maximum absolute atomic E-state index is 11.9. The number of hydrogen-bond donors (Lipinski definition) is 1. The first kappa shape index (κ1) is 15.7. The highest BCUT2D eigenvalue weighted by atomic mass is 16.5. The Balaban J connectivity index is 1.77. The molecule has 0 aliphatic carbocycles. The molecule has 118 valence electrons. The highest BCUT2D eigenvalue weighted by Crippen LogP contribution is 2.16. The second kappa shape index (κ2) is 7.39. The SMILES string of the molecule is CN(CCCC(=O)O)C(=O)CCc1nc(-c2ccco2)no1. The highest BCUT2D eigenvalue weighted by Gasteiger charge is 2.14. The van der Waals surface area contributed by atoms with Gasteiger partial charge in [-0.25, -0.2) is 0 Å². The number of hydrogen-bond acceptors (Lipinski definition) is 6. The summed E-state index contributed by atoms with van der Waals surface area (Å²) in [5, 5.41) is 12.3. The Hall–Kier alpha value is -2.64. The molecule has 2 rings (SSSR count). The molecule has 0 saturated heterocycles. The van der Waals surface area contributed by atoms with Crippen molar-refractivity contribution in [2.75, 3.05) is 13.6 Å². The summed E-state index contributed by atoms with van der Waals surface area (Å²) in [7, 11) is 1.65. The van der Waals surface area contributed by atoms with E-state index in [1.54, 1.807) is 19.2 Å². The van der Waals surface area contributed by atoms with Gasteiger partial charge in [-0.2, -0.15) is 4.98 Å². The lowest BCUT2D eigenvalue weighted by atomic mass is 10.2. The zero-order valence-corrected chi connectivity index (χ0v) is 12.2. The summed E-state index contributed by atoms with van der Waals surface area (Å²) >= 11 is 0. The van der Waals surface area contributed by atoms with Crippen LogP contribution in [0.15, 0.2) is 27.3 Å². The molecule has 0 aromatic carbocycles. The Labute approximate surface area is 126 Å². The molecule has 0 bridgehead atoms. The number of furan rings is 1. The monoisotopic (exact) mass is 307 g/mol. The fourth-order valence-electron chi connectivity index (χ4n) is 1.86. The van der Waals surface area contributed by atoms with Gasteiger partial charge < -0.3 is 18.9 Å². The molecular formula is C14H17N3O5. The van der Waals surface area contributed by atoms with E-state index in [0.29, 0.717) is 36.9 Å². The Morgan fingerprint density at radius 2 is 2.18 bits per heavy atom. The normalized spacial score (nSPS) is 10.6. The Morgan fingerprint density at radius 1 is 1.36 bits per heavy atom. The first-order valence-corrected chi connectivity index (χ1v) is 6.88. The van der Waals surface area contributed by atoms with E-state index in [4.69, 9.17) is 14.0 Å². The van der Waals surface area contributed by atoms with Crippen molar-refractivity contribution in [3.05, 3.63) is 24.3 Å². The number of carboxylic acid groups (broad SMARTS) is 1. The van der Waals surface area contributed by atoms with Crippen molar-refractivity contribution in [2.45, 2.75) is 25.7 Å². The molecule has 2 aromatic heterocycles. The van der Waals surface area contributed by atoms with Gasteiger partial charge in [0.1, 0.15) is 0 Å². The fourth-order valence-corrected chi connectivity index (χ4v) is 1.86. The van der Waals surface area contributed by atoms with E-state index >= 15 is 0 Å². The first-order valence-electron chi connectivity index (χ1n) is 6.88. The number of aliphatic carboxylic acids is 1. The third kappa shape index (κ3) is 4.44. The average molecular weight is 307 g/mol. The Bertz CT molecular complexity index is 620. The Morgan fingerprint density at radius 3 is 2.86 bits per heavy atom. The van der Waals surface area contributed by atoms with Crippen molar-refractivity contribution < 1.29 is 23.6 Å². The van der Waals surface area contributed by atoms with Crippen LogP contribution in [0.1, 0.15) is 25.2 Å². The zero-order valence-electron chi connectivity index (χ0n) is 12.2. The van der Waals surface area contributed by atoms with Crippen molar-refractivity contribution in [1.29, 1.82) is 0 Å². The van der Waals surface area contributed by atoms with Gasteiger partial charge >= 0.3 is 5.97 Å². The van der Waals surface area contributed by atoms with Gasteiger partial charge in [0.15, 0.2) is 5.76 Å². The van der Waals surface area contributed by atoms with Crippen molar-refractivity contribution in [1.82, 2.24) is 15.0 Å². The molecule has 0 aliphatic rings. The minimum absolute atomic E-state index is 0.0494. The standard InChI is InChI=1S/C14H17N3O5/c1-17(8-2-5-13(19)20)12(18)7-6-11-15-14(16-22-11)10-4-3-9-21-10/h3-4,9H,2,5-8H2,1H3,(H,19,20). The van der Waals surface area contributed by atoms with Crippen LogP contribution in [0, 0.1) is 0 Å². The quantitative estimate of drug-likeness (QED) is 0.788. The zero-order chi connectivity index (χ0) is 15.9. The van der Waals surface area contributed by atoms with Crippen LogP contribution < -0.4 is 0 Å². The van der Waals surface area contributed by atoms with Crippen molar-refractivity contribution in [3.8, 4) is 11.6 Å². The van der Waals surface area contributed by atoms with E-state index in [2.05, 4.69) is 10.1 Å². The lowest BCUT2D eigenvalue weighted by Gasteiger charge is -2.15. The fraction of sp³-hybridized carbons (Fsp3) is 0.429. The van der Waals surface area contributed by atoms with E-state index in [-0.39, 0.29) is 18.7 Å². The molecule has 2 heterocycles. The van der Waals surface area contributed by atoms with Crippen LogP contribution in [-0.2, 0) is 16.0 Å². The van der Waals surface area contributed by atoms with Crippen LogP contribution in [0.3, 0.4) is 0 Å². The van der Waals surface area contributed by atoms with Gasteiger partial charge in [-0.1, -0.05) is 5.16 Å². The molecule has 0 spiro atoms. The average Bonchev–Trinajstić information content (AvgIpc) is 3.14. The van der Waals surface area contributed by atoms with Crippen molar-refractivity contribution >= 4 is 11.9 Å². The molecule has 0 aliphatic heterocycles. The van der Waals surface area contributed by atoms with Gasteiger partial charge in [-0.05, 0) is 18.6 Å². The maximum atomic E-state index is 11.9. The largest absolute Gasteiger partial charge is 0.481 e. The molecule has 2 aromatic rings. The maximum Gasteiger partial charge on any atom is 0.303 e. The molecule has 0 saturated carbocycles. The molecule has 8 heteroatoms. The van der Waals surface area contributed by atoms with Crippen LogP contribution in [0.5, 0.6) is 0 Å². The number of carbonyl (C=O) groups is 2. The predicted octanol–water partition coefficient (Wildman–Crippen LogP) is 1.59. The van der Waals surface area contributed by atoms with Gasteiger partial charge in [0.2, 0.25) is 17.6 Å². The summed E-state index contributed by atoms with van der Waals surface area (Å²) in [6.45, 7) is 0.409. The molecule has 0 radical (unpaired) electrons. The summed E-state index contributed by atoms with van der Waals surface area (Å²) in [4.78, 5) is 28.0. The summed E-state index contributed by atoms with van der Waals surface area (Å²) in [5.41, 5.74) is 0. The minimum Gasteiger partial charge on any atom is -0.481 e. The van der Waals surface area contributed by atoms with E-state index in [0.717, 1.165) is 0 Å². The molecule has 8 nitrogen and oxygen atoms in total. The summed E-state index contributed by atoms with van der Waals surface area (Å²) in [6, 6.07) is 3.44. The lowest BCUT2D eigenvalue weighted by molar-refractivity contribution is -0.138. The number of rotatable bonds is 8. The number of carbonyl (C=O) groups excluding carboxylic acids is 1. The van der Waals surface area contributed by atoms with Crippen molar-refractivity contribution in [3.63, 3.8) is 0 Å². The molecular weight excluding hydrogens is 290 g/mol. The van der Waals surface area contributed by atoms with Gasteiger partial charge in [0.05, 0.1) is 6.26 Å². The van der Waals surface area contributed by atoms with Gasteiger partial charge in [-0.15, -0.1) is 0 Å². The molecule has 22 heavy (non-hydrogen) atoms. The first-order chi connectivity index (χ1) is 10.6. The minimum atomic E-state index is -0.864. The number of aromatic nitrogens is 2. The third-order valence-corrected chi connectivity index (χ3v) is 3.07. The smallest absolute Gasteiger partial charge is 0.303 e. The van der Waals surface area contributed by atoms with E-state index in [1.165, 1.54) is 11.2 Å². The van der Waals surface area contributed by atoms with Gasteiger partial charge in [0, 0.05) is 32.9 Å². The van der Waals surface area contributed by atoms with Crippen LogP contribution in [0.25, 0.3) is 11.6 Å². The Kier molecular flexibility index (Phi) is 5.29.